The van der Waals surface area contributed by atoms with Gasteiger partial charge in [0.2, 0.25) is 0 Å². The third kappa shape index (κ3) is 24.0. The van der Waals surface area contributed by atoms with E-state index in [1.54, 1.807) is 0 Å². The van der Waals surface area contributed by atoms with Crippen molar-refractivity contribution < 1.29 is 47.0 Å². The van der Waals surface area contributed by atoms with Crippen molar-refractivity contribution in [3.8, 4) is 17.2 Å². The van der Waals surface area contributed by atoms with E-state index in [2.05, 4.69) is 106 Å². The quantitative estimate of drug-likeness (QED) is 0.0610. The maximum absolute atomic E-state index is 12.0. The van der Waals surface area contributed by atoms with Gasteiger partial charge < -0.3 is 47.7 Å². The van der Waals surface area contributed by atoms with Gasteiger partial charge in [-0.15, -0.1) is 12.4 Å². The second-order valence-corrected chi connectivity index (χ2v) is 28.0. The first kappa shape index (κ1) is 76.5. The Morgan fingerprint density at radius 2 is 0.786 bits per heavy atom. The van der Waals surface area contributed by atoms with Crippen LogP contribution >= 0.6 is 60.2 Å². The number of hydrogen-bond donors (Lipinski definition) is 2. The Kier molecular flexibility index (Phi) is 30.4. The molecular weight excluding hydrogens is 1460 g/mol. The summed E-state index contributed by atoms with van der Waals surface area (Å²) in [6.45, 7) is 13.6. The smallest absolute Gasteiger partial charge is 0.341 e. The number of fused-ring (bicyclic) bond motifs is 3. The van der Waals surface area contributed by atoms with Crippen molar-refractivity contribution in [3.05, 3.63) is 224 Å². The summed E-state index contributed by atoms with van der Waals surface area (Å²) in [6.07, 6.45) is 18.4. The normalized spacial score (nSPS) is 14.6. The zero-order valence-corrected chi connectivity index (χ0v) is 61.4. The number of Topliss-reactive ketones (excluding diaryl/α,β-unsaturated/α-hetero) is 2. The minimum absolute atomic E-state index is 0. The van der Waals surface area contributed by atoms with Gasteiger partial charge in [0.05, 0.1) is 48.4 Å². The van der Waals surface area contributed by atoms with Crippen LogP contribution in [0.25, 0.3) is 32.9 Å². The van der Waals surface area contributed by atoms with Crippen LogP contribution in [0.1, 0.15) is 99.1 Å². The number of carbonyl (C=O) groups is 3. The van der Waals surface area contributed by atoms with Gasteiger partial charge in [-0.3, -0.25) is 24.0 Å². The number of nitrogens with one attached hydrogen (secondary N) is 1. The molecule has 0 unspecified atom stereocenters. The largest absolute Gasteiger partial charge is 0.485 e. The number of benzene rings is 6. The van der Waals surface area contributed by atoms with Gasteiger partial charge in [0.25, 0.3) is 0 Å². The van der Waals surface area contributed by atoms with E-state index in [1.165, 1.54) is 104 Å². The molecule has 2 N–H and O–H groups in total. The summed E-state index contributed by atoms with van der Waals surface area (Å²) in [5, 5.41) is 14.2. The van der Waals surface area contributed by atoms with Gasteiger partial charge in [-0.2, -0.15) is 0 Å². The second kappa shape index (κ2) is 38.9. The van der Waals surface area contributed by atoms with Gasteiger partial charge in [0.15, 0.2) is 34.5 Å². The fourth-order valence-electron chi connectivity index (χ4n) is 12.5. The van der Waals surface area contributed by atoms with Crippen LogP contribution in [0.5, 0.6) is 17.2 Å². The van der Waals surface area contributed by atoms with E-state index >= 15 is 0 Å². The number of carboxylic acid groups (broad SMARTS) is 1. The van der Waals surface area contributed by atoms with Gasteiger partial charge in [-0.1, -0.05) is 49.7 Å². The standard InChI is InChI=1S/C26H28BrNO4.C25H26BrNO5.C15H20BrNO2.C12H12O2.ClH/c1-18(29)17-32-26-16-21(2-4-23(26)27)14-20-7-11-28(12-8-20)10-6-19-3-5-25-22(15-19)24(30)9-13-31-25;26-21-3-1-19(15-24(21)32-16-25(29)30)13-18-6-10-27(11-7-18)9-5-17-2-4-23-20(14-17)22(28)8-12-31-23;1-11(18)10-19-15-9-13(2-3-14(15)16)8-12-4-6-17-7-5-12;1-2-3-9-4-5-12-10(8-9)11(13)6-7-14-12;/h2-5,9,13,15-16,20H,6-8,10-12,14,17H2,1H3;1-4,8,12,14-15,18H,5-7,9-11,13,16H2,(H,29,30);2-3,9,12,17H,4-8,10H2,1H3;4-8H,2-3H2,1H3;1H. The lowest BCUT2D eigenvalue weighted by Crippen LogP contribution is -2.35. The fourth-order valence-corrected chi connectivity index (χ4v) is 13.6. The Morgan fingerprint density at radius 1 is 0.459 bits per heavy atom. The number of aliphatic carboxylic acids is 1. The lowest BCUT2D eigenvalue weighted by atomic mass is 9.90. The summed E-state index contributed by atoms with van der Waals surface area (Å²) in [5.74, 6) is 3.15. The Bertz CT molecular complexity index is 4110. The predicted octanol–water partition coefficient (Wildman–Crippen LogP) is 15.7. The van der Waals surface area contributed by atoms with E-state index in [0.717, 1.165) is 147 Å². The van der Waals surface area contributed by atoms with E-state index in [1.807, 2.05) is 72.8 Å². The Balaban J connectivity index is 0.000000174. The molecule has 0 atom stereocenters. The summed E-state index contributed by atoms with van der Waals surface area (Å²) in [6, 6.07) is 40.3. The lowest BCUT2D eigenvalue weighted by molar-refractivity contribution is -0.139. The highest BCUT2D eigenvalue weighted by Gasteiger charge is 2.23. The number of aryl methyl sites for hydroxylation is 1. The van der Waals surface area contributed by atoms with Crippen LogP contribution in [-0.4, -0.2) is 105 Å². The highest BCUT2D eigenvalue weighted by Crippen LogP contribution is 2.33. The molecule has 0 bridgehead atoms. The fraction of sp³-hybridized carbons (Fsp3) is 0.385. The van der Waals surface area contributed by atoms with E-state index in [9.17, 15) is 28.8 Å². The molecule has 3 aliphatic heterocycles. The van der Waals surface area contributed by atoms with E-state index < -0.39 is 5.97 Å². The first-order valence-electron chi connectivity index (χ1n) is 33.5. The molecule has 20 heteroatoms. The van der Waals surface area contributed by atoms with E-state index in [4.69, 9.17) is 32.6 Å². The number of hydrogen-bond acceptors (Lipinski definition) is 15. The molecule has 3 fully saturated rings. The summed E-state index contributed by atoms with van der Waals surface area (Å²) >= 11 is 10.4. The van der Waals surface area contributed by atoms with Crippen LogP contribution in [0.2, 0.25) is 0 Å². The Labute approximate surface area is 603 Å². The first-order chi connectivity index (χ1) is 46.9. The molecule has 0 saturated carbocycles. The van der Waals surface area contributed by atoms with Crippen molar-refractivity contribution in [1.82, 2.24) is 15.1 Å². The van der Waals surface area contributed by atoms with Crippen LogP contribution < -0.4 is 35.8 Å². The van der Waals surface area contributed by atoms with Crippen LogP contribution in [0.3, 0.4) is 0 Å². The molecule has 6 aromatic carbocycles. The number of ether oxygens (including phenoxy) is 3. The molecule has 12 rings (SSSR count). The van der Waals surface area contributed by atoms with Crippen molar-refractivity contribution in [1.29, 1.82) is 0 Å². The third-order valence-corrected chi connectivity index (χ3v) is 19.8. The maximum Gasteiger partial charge on any atom is 0.341 e. The van der Waals surface area contributed by atoms with Crippen molar-refractivity contribution >= 4 is 111 Å². The molecule has 520 valence electrons. The molecule has 98 heavy (non-hydrogen) atoms. The van der Waals surface area contributed by atoms with Crippen LogP contribution in [-0.2, 0) is 52.9 Å². The highest BCUT2D eigenvalue weighted by molar-refractivity contribution is 9.11. The number of halogens is 4. The molecule has 0 amide bonds. The SMILES string of the molecule is CC(=O)COc1cc(CC2CCN(CCc3ccc4occc(=O)c4c3)CC2)ccc1Br.CC(=O)COc1cc(CC2CCNCC2)ccc1Br.CCCc1ccc2occc(=O)c2c1.Cl.O=C(O)COc1cc(CC2CCN(CCc3ccc4occc(=O)c4c3)CC2)ccc1Br. The summed E-state index contributed by atoms with van der Waals surface area (Å²) in [7, 11) is 0. The van der Waals surface area contributed by atoms with Gasteiger partial charge in [-0.05, 0) is 302 Å². The minimum atomic E-state index is -0.984. The third-order valence-electron chi connectivity index (χ3n) is 17.8. The molecule has 0 radical (unpaired) electrons. The van der Waals surface area contributed by atoms with Crippen molar-refractivity contribution in [2.45, 2.75) is 104 Å². The molecule has 3 aromatic heterocycles. The number of piperidine rings is 3. The molecule has 6 heterocycles. The monoisotopic (exact) mass is 1550 g/mol. The Morgan fingerprint density at radius 3 is 1.12 bits per heavy atom. The zero-order chi connectivity index (χ0) is 68.6. The summed E-state index contributed by atoms with van der Waals surface area (Å²) < 4.78 is 35.1. The predicted molar refractivity (Wildman–Crippen MR) is 399 cm³/mol. The summed E-state index contributed by atoms with van der Waals surface area (Å²) in [4.78, 5) is 73.5. The van der Waals surface area contributed by atoms with Crippen LogP contribution in [0.15, 0.2) is 187 Å². The van der Waals surface area contributed by atoms with Gasteiger partial charge >= 0.3 is 5.97 Å². The number of carbonyl (C=O) groups excluding carboxylic acids is 2. The Hall–Kier alpha value is -7.23. The number of rotatable bonds is 23. The average Bonchev–Trinajstić information content (AvgIpc) is 0.856. The number of carboxylic acids is 1. The lowest BCUT2D eigenvalue weighted by Gasteiger charge is -2.32. The molecular formula is C78H87Br3ClN3O13. The molecule has 16 nitrogen and oxygen atoms in total. The van der Waals surface area contributed by atoms with Crippen molar-refractivity contribution in [2.24, 2.45) is 17.8 Å². The topological polar surface area (TPSA) is 208 Å². The van der Waals surface area contributed by atoms with E-state index in [-0.39, 0.29) is 60.1 Å². The van der Waals surface area contributed by atoms with Crippen LogP contribution in [0.4, 0.5) is 0 Å². The second-order valence-electron chi connectivity index (χ2n) is 25.4. The number of likely N-dealkylation sites (tertiary alicyclic amines) is 2. The average molecular weight is 1550 g/mol. The first-order valence-corrected chi connectivity index (χ1v) is 35.9. The van der Waals surface area contributed by atoms with Gasteiger partial charge in [-0.25, -0.2) is 4.79 Å². The minimum Gasteiger partial charge on any atom is -0.485 e. The van der Waals surface area contributed by atoms with Gasteiger partial charge in [0.1, 0.15) is 47.2 Å². The zero-order valence-electron chi connectivity index (χ0n) is 55.8. The molecule has 3 saturated heterocycles. The maximum atomic E-state index is 12.0. The number of ketones is 2. The van der Waals surface area contributed by atoms with Crippen molar-refractivity contribution in [2.75, 3.05) is 72.2 Å². The summed E-state index contributed by atoms with van der Waals surface area (Å²) in [5.41, 5.74) is 9.20. The molecule has 3 aliphatic rings. The highest BCUT2D eigenvalue weighted by atomic mass is 79.9. The number of nitrogens with zero attached hydrogens (tertiary/aromatic N) is 2. The van der Waals surface area contributed by atoms with E-state index in [0.29, 0.717) is 50.5 Å². The van der Waals surface area contributed by atoms with Crippen LogP contribution in [0, 0.1) is 17.8 Å². The molecule has 9 aromatic rings. The molecule has 0 aliphatic carbocycles. The molecule has 0 spiro atoms. The van der Waals surface area contributed by atoms with Crippen molar-refractivity contribution in [3.63, 3.8) is 0 Å². The van der Waals surface area contributed by atoms with Gasteiger partial charge in [0, 0.05) is 31.3 Å².